The monoisotopic (exact) mass is 172 g/mol. The fourth-order valence-corrected chi connectivity index (χ4v) is 0.690. The van der Waals surface area contributed by atoms with Crippen molar-refractivity contribution < 1.29 is 14.8 Å². The molecule has 0 radical (unpaired) electrons. The minimum Gasteiger partial charge on any atom is -0.550 e. The topological polar surface area (TPSA) is 83.3 Å². The lowest BCUT2D eigenvalue weighted by molar-refractivity contribution is -0.427. The molecule has 0 aliphatic rings. The molecule has 68 valence electrons. The van der Waals surface area contributed by atoms with Gasteiger partial charge in [-0.15, -0.1) is 0 Å². The van der Waals surface area contributed by atoms with Gasteiger partial charge < -0.3 is 9.90 Å². The van der Waals surface area contributed by atoms with Gasteiger partial charge in [-0.05, 0) is 25.8 Å². The Bertz CT molecular complexity index is 200. The Morgan fingerprint density at radius 1 is 1.33 bits per heavy atom. The number of carboxylic acids is 1. The molecule has 0 aromatic rings. The fraction of sp³-hybridized carbons (Fsp3) is 0.571. The van der Waals surface area contributed by atoms with Crippen LogP contribution in [0.1, 0.15) is 25.7 Å². The van der Waals surface area contributed by atoms with Gasteiger partial charge in [0, 0.05) is 12.4 Å². The standard InChI is InChI=1S/C7H11NO4/c1-6(8(11)12)4-2-3-5-7(9)10/h1-5H2,(H,9,10)/p-1. The van der Waals surface area contributed by atoms with Gasteiger partial charge in [0.2, 0.25) is 5.70 Å². The zero-order valence-electron chi connectivity index (χ0n) is 6.62. The van der Waals surface area contributed by atoms with E-state index in [-0.39, 0.29) is 18.5 Å². The van der Waals surface area contributed by atoms with Crippen LogP contribution in [-0.2, 0) is 4.79 Å². The van der Waals surface area contributed by atoms with Gasteiger partial charge in [-0.3, -0.25) is 10.1 Å². The Morgan fingerprint density at radius 3 is 2.25 bits per heavy atom. The van der Waals surface area contributed by atoms with Crippen molar-refractivity contribution in [2.75, 3.05) is 0 Å². The summed E-state index contributed by atoms with van der Waals surface area (Å²) in [5, 5.41) is 19.9. The second-order valence-corrected chi connectivity index (χ2v) is 2.40. The van der Waals surface area contributed by atoms with Crippen molar-refractivity contribution >= 4 is 5.97 Å². The molecule has 0 fully saturated rings. The van der Waals surface area contributed by atoms with Crippen LogP contribution in [0, 0.1) is 10.1 Å². The molecule has 12 heavy (non-hydrogen) atoms. The molecule has 0 aliphatic heterocycles. The zero-order chi connectivity index (χ0) is 9.56. The zero-order valence-corrected chi connectivity index (χ0v) is 6.62. The number of nitrogens with zero attached hydrogens (tertiary/aromatic N) is 1. The Balaban J connectivity index is 3.38. The summed E-state index contributed by atoms with van der Waals surface area (Å²) in [4.78, 5) is 19.4. The van der Waals surface area contributed by atoms with Gasteiger partial charge in [-0.2, -0.15) is 0 Å². The molecule has 0 saturated carbocycles. The van der Waals surface area contributed by atoms with E-state index in [9.17, 15) is 20.0 Å². The SMILES string of the molecule is C=C(CCCCC(=O)[O-])[N+](=O)[O-]. The molecule has 0 rings (SSSR count). The second kappa shape index (κ2) is 5.29. The second-order valence-electron chi connectivity index (χ2n) is 2.40. The number of nitro groups is 1. The van der Waals surface area contributed by atoms with E-state index in [0.29, 0.717) is 12.8 Å². The Hall–Kier alpha value is -1.39. The van der Waals surface area contributed by atoms with E-state index >= 15 is 0 Å². The maximum absolute atomic E-state index is 10.0. The van der Waals surface area contributed by atoms with Crippen molar-refractivity contribution in [2.24, 2.45) is 0 Å². The van der Waals surface area contributed by atoms with Crippen LogP contribution in [0.15, 0.2) is 12.3 Å². The average molecular weight is 172 g/mol. The lowest BCUT2D eigenvalue weighted by atomic mass is 10.2. The number of hydrogen-bond donors (Lipinski definition) is 0. The predicted molar refractivity (Wildman–Crippen MR) is 39.6 cm³/mol. The van der Waals surface area contributed by atoms with E-state index in [2.05, 4.69) is 6.58 Å². The molecule has 0 aromatic carbocycles. The summed E-state index contributed by atoms with van der Waals surface area (Å²) in [5.74, 6) is -1.12. The lowest BCUT2D eigenvalue weighted by Crippen LogP contribution is -2.21. The van der Waals surface area contributed by atoms with Crippen molar-refractivity contribution in [3.8, 4) is 0 Å². The van der Waals surface area contributed by atoms with E-state index in [1.54, 1.807) is 0 Å². The highest BCUT2D eigenvalue weighted by molar-refractivity contribution is 5.64. The molecular weight excluding hydrogens is 162 g/mol. The molecule has 0 N–H and O–H groups in total. The first-order valence-corrected chi connectivity index (χ1v) is 3.56. The Morgan fingerprint density at radius 2 is 1.83 bits per heavy atom. The van der Waals surface area contributed by atoms with E-state index in [1.807, 2.05) is 0 Å². The van der Waals surface area contributed by atoms with Crippen LogP contribution >= 0.6 is 0 Å². The maximum atomic E-state index is 10.0. The van der Waals surface area contributed by atoms with Crippen LogP contribution in [-0.4, -0.2) is 10.9 Å². The number of allylic oxidation sites excluding steroid dienone is 1. The normalized spacial score (nSPS) is 9.33. The summed E-state index contributed by atoms with van der Waals surface area (Å²) in [6.07, 6.45) is 1.05. The number of carbonyl (C=O) groups excluding carboxylic acids is 1. The molecule has 0 saturated heterocycles. The van der Waals surface area contributed by atoms with E-state index in [0.717, 1.165) is 0 Å². The number of rotatable bonds is 6. The van der Waals surface area contributed by atoms with Crippen molar-refractivity contribution in [2.45, 2.75) is 25.7 Å². The van der Waals surface area contributed by atoms with E-state index < -0.39 is 10.9 Å². The lowest BCUT2D eigenvalue weighted by Gasteiger charge is -1.99. The highest BCUT2D eigenvalue weighted by Gasteiger charge is 2.04. The van der Waals surface area contributed by atoms with Gasteiger partial charge in [0.05, 0.1) is 4.92 Å². The highest BCUT2D eigenvalue weighted by Crippen LogP contribution is 2.06. The van der Waals surface area contributed by atoms with Crippen molar-refractivity contribution in [1.82, 2.24) is 0 Å². The minimum atomic E-state index is -1.12. The van der Waals surface area contributed by atoms with Gasteiger partial charge in [-0.1, -0.05) is 0 Å². The van der Waals surface area contributed by atoms with Crippen LogP contribution in [0.4, 0.5) is 0 Å². The molecule has 0 aromatic heterocycles. The molecule has 0 spiro atoms. The molecule has 5 nitrogen and oxygen atoms in total. The molecule has 0 unspecified atom stereocenters. The number of unbranched alkanes of at least 4 members (excludes halogenated alkanes) is 1. The summed E-state index contributed by atoms with van der Waals surface area (Å²) < 4.78 is 0. The van der Waals surface area contributed by atoms with E-state index in [4.69, 9.17) is 0 Å². The summed E-state index contributed by atoms with van der Waals surface area (Å²) in [6, 6.07) is 0. The smallest absolute Gasteiger partial charge is 0.239 e. The van der Waals surface area contributed by atoms with Gasteiger partial charge in [0.1, 0.15) is 0 Å². The van der Waals surface area contributed by atoms with Gasteiger partial charge >= 0.3 is 0 Å². The summed E-state index contributed by atoms with van der Waals surface area (Å²) in [5.41, 5.74) is -0.0756. The number of aliphatic carboxylic acids is 1. The molecule has 5 heteroatoms. The third-order valence-electron chi connectivity index (χ3n) is 1.35. The molecule has 0 atom stereocenters. The first-order chi connectivity index (χ1) is 5.54. The van der Waals surface area contributed by atoms with Gasteiger partial charge in [-0.25, -0.2) is 0 Å². The molecule has 0 amide bonds. The Labute approximate surface area is 69.8 Å². The predicted octanol–water partition coefficient (Wildman–Crippen LogP) is 0.0871. The van der Waals surface area contributed by atoms with Gasteiger partial charge in [0.25, 0.3) is 0 Å². The van der Waals surface area contributed by atoms with Crippen LogP contribution in [0.25, 0.3) is 0 Å². The van der Waals surface area contributed by atoms with Crippen LogP contribution < -0.4 is 5.11 Å². The third-order valence-corrected chi connectivity index (χ3v) is 1.35. The van der Waals surface area contributed by atoms with E-state index in [1.165, 1.54) is 0 Å². The first-order valence-electron chi connectivity index (χ1n) is 3.56. The molecule has 0 aliphatic carbocycles. The van der Waals surface area contributed by atoms with Crippen LogP contribution in [0.2, 0.25) is 0 Å². The van der Waals surface area contributed by atoms with Crippen LogP contribution in [0.5, 0.6) is 0 Å². The molecule has 0 heterocycles. The fourth-order valence-electron chi connectivity index (χ4n) is 0.690. The maximum Gasteiger partial charge on any atom is 0.239 e. The van der Waals surface area contributed by atoms with Crippen molar-refractivity contribution in [3.05, 3.63) is 22.4 Å². The third kappa shape index (κ3) is 5.40. The minimum absolute atomic E-state index is 0.0506. The number of hydrogen-bond acceptors (Lipinski definition) is 4. The largest absolute Gasteiger partial charge is 0.550 e. The van der Waals surface area contributed by atoms with Crippen LogP contribution in [0.3, 0.4) is 0 Å². The summed E-state index contributed by atoms with van der Waals surface area (Å²) in [6.45, 7) is 3.21. The quantitative estimate of drug-likeness (QED) is 0.323. The van der Waals surface area contributed by atoms with Crippen molar-refractivity contribution in [1.29, 1.82) is 0 Å². The average Bonchev–Trinajstić information content (AvgIpc) is 1.97. The Kier molecular flexibility index (Phi) is 4.67. The molecular formula is C7H10NO4-. The highest BCUT2D eigenvalue weighted by atomic mass is 16.6. The molecule has 0 bridgehead atoms. The number of carbonyl (C=O) groups is 1. The first kappa shape index (κ1) is 10.6. The summed E-state index contributed by atoms with van der Waals surface area (Å²) >= 11 is 0. The summed E-state index contributed by atoms with van der Waals surface area (Å²) in [7, 11) is 0. The van der Waals surface area contributed by atoms with Crippen molar-refractivity contribution in [3.63, 3.8) is 0 Å². The van der Waals surface area contributed by atoms with Gasteiger partial charge in [0.15, 0.2) is 0 Å². The number of carboxylic acid groups (broad SMARTS) is 1.